The van der Waals surface area contributed by atoms with Crippen LogP contribution in [0.1, 0.15) is 22.3 Å². The molecule has 15 aromatic rings. The van der Waals surface area contributed by atoms with Crippen LogP contribution in [0.5, 0.6) is 0 Å². The van der Waals surface area contributed by atoms with Crippen LogP contribution in [-0.4, -0.2) is 0 Å². The quantitative estimate of drug-likeness (QED) is 0.161. The summed E-state index contributed by atoms with van der Waals surface area (Å²) in [7, 11) is 0. The van der Waals surface area contributed by atoms with Crippen LogP contribution < -0.4 is 0 Å². The van der Waals surface area contributed by atoms with Gasteiger partial charge >= 0.3 is 0 Å². The lowest BCUT2D eigenvalue weighted by Crippen LogP contribution is -2.28. The number of fused-ring (bicyclic) bond motifs is 15. The SMILES string of the molecule is c1ccc(C2(c3ccccc3)c3ccccc3-c3c(-c4c5cccc(-c6cc7ccccc7c7c6oc6ccccc67)c5cc5c(-c6cc7ccccc7c7c6oc6ccccc67)cccc45)cccc32)cc1. The Labute approximate surface area is 420 Å². The molecule has 0 unspecified atom stereocenters. The Hall–Kier alpha value is -9.50. The maximum atomic E-state index is 7.00. The van der Waals surface area contributed by atoms with Crippen LogP contribution in [0.3, 0.4) is 0 Å². The Kier molecular flexibility index (Phi) is 8.41. The first-order chi connectivity index (χ1) is 36.2. The molecule has 0 radical (unpaired) electrons. The summed E-state index contributed by atoms with van der Waals surface area (Å²) >= 11 is 0. The van der Waals surface area contributed by atoms with Gasteiger partial charge in [0.15, 0.2) is 0 Å². The van der Waals surface area contributed by atoms with E-state index in [0.717, 1.165) is 76.9 Å². The van der Waals surface area contributed by atoms with Gasteiger partial charge in [-0.25, -0.2) is 0 Å². The van der Waals surface area contributed by atoms with Crippen molar-refractivity contribution in [2.45, 2.75) is 5.41 Å². The molecule has 0 spiro atoms. The minimum absolute atomic E-state index is 0.558. The highest BCUT2D eigenvalue weighted by Gasteiger charge is 2.47. The molecule has 0 amide bonds. The molecule has 1 aliphatic carbocycles. The van der Waals surface area contributed by atoms with E-state index in [9.17, 15) is 0 Å². The van der Waals surface area contributed by atoms with Crippen molar-refractivity contribution in [2.75, 3.05) is 0 Å². The first kappa shape index (κ1) is 40.3. The predicted octanol–water partition coefficient (Wildman–Crippen LogP) is 19.5. The van der Waals surface area contributed by atoms with Crippen molar-refractivity contribution < 1.29 is 8.83 Å². The Balaban J connectivity index is 1.08. The molecule has 2 heterocycles. The van der Waals surface area contributed by atoms with E-state index in [1.165, 1.54) is 76.8 Å². The summed E-state index contributed by atoms with van der Waals surface area (Å²) < 4.78 is 14.0. The van der Waals surface area contributed by atoms with Crippen molar-refractivity contribution in [3.05, 3.63) is 277 Å². The molecule has 16 rings (SSSR count). The highest BCUT2D eigenvalue weighted by atomic mass is 16.3. The third-order valence-electron chi connectivity index (χ3n) is 16.1. The van der Waals surface area contributed by atoms with E-state index in [2.05, 4.69) is 255 Å². The Morgan fingerprint density at radius 1 is 0.247 bits per heavy atom. The van der Waals surface area contributed by atoms with Crippen LogP contribution in [0.4, 0.5) is 0 Å². The molecule has 13 aromatic carbocycles. The average molecular weight is 927 g/mol. The van der Waals surface area contributed by atoms with Crippen LogP contribution in [0.15, 0.2) is 264 Å². The summed E-state index contributed by atoms with van der Waals surface area (Å²) in [4.78, 5) is 0. The summed E-state index contributed by atoms with van der Waals surface area (Å²) in [6.07, 6.45) is 0. The van der Waals surface area contributed by atoms with Gasteiger partial charge in [-0.3, -0.25) is 0 Å². The van der Waals surface area contributed by atoms with Gasteiger partial charge in [0.05, 0.1) is 5.41 Å². The zero-order valence-electron chi connectivity index (χ0n) is 39.6. The molecule has 2 nitrogen and oxygen atoms in total. The maximum Gasteiger partial charge on any atom is 0.143 e. The predicted molar refractivity (Wildman–Crippen MR) is 305 cm³/mol. The van der Waals surface area contributed by atoms with Gasteiger partial charge in [-0.15, -0.1) is 0 Å². The number of benzene rings is 13. The minimum atomic E-state index is -0.558. The van der Waals surface area contributed by atoms with E-state index in [1.807, 2.05) is 0 Å². The lowest BCUT2D eigenvalue weighted by Gasteiger charge is -2.34. The topological polar surface area (TPSA) is 26.3 Å². The molecule has 0 aliphatic heterocycles. The van der Waals surface area contributed by atoms with Crippen LogP contribution in [0.25, 0.3) is 131 Å². The van der Waals surface area contributed by atoms with Crippen molar-refractivity contribution >= 4 is 87.0 Å². The normalized spacial score (nSPS) is 13.0. The van der Waals surface area contributed by atoms with Crippen molar-refractivity contribution in [1.29, 1.82) is 0 Å². The Bertz CT molecular complexity index is 4530. The van der Waals surface area contributed by atoms with E-state index in [0.29, 0.717) is 0 Å². The van der Waals surface area contributed by atoms with E-state index >= 15 is 0 Å². The second-order valence-corrected chi connectivity index (χ2v) is 19.7. The number of hydrogen-bond donors (Lipinski definition) is 0. The Morgan fingerprint density at radius 2 is 0.658 bits per heavy atom. The van der Waals surface area contributed by atoms with E-state index < -0.39 is 5.41 Å². The molecule has 2 heteroatoms. The van der Waals surface area contributed by atoms with Crippen molar-refractivity contribution in [3.63, 3.8) is 0 Å². The van der Waals surface area contributed by atoms with E-state index in [4.69, 9.17) is 8.83 Å². The number of para-hydroxylation sites is 2. The molecule has 0 fully saturated rings. The van der Waals surface area contributed by atoms with Crippen molar-refractivity contribution in [1.82, 2.24) is 0 Å². The van der Waals surface area contributed by atoms with Gasteiger partial charge in [0, 0.05) is 32.7 Å². The summed E-state index contributed by atoms with van der Waals surface area (Å²) in [5.41, 5.74) is 17.3. The molecule has 0 saturated carbocycles. The van der Waals surface area contributed by atoms with E-state index in [-0.39, 0.29) is 0 Å². The van der Waals surface area contributed by atoms with Crippen LogP contribution in [0, 0.1) is 0 Å². The molecule has 2 aromatic heterocycles. The van der Waals surface area contributed by atoms with Gasteiger partial charge in [-0.2, -0.15) is 0 Å². The molecule has 0 saturated heterocycles. The van der Waals surface area contributed by atoms with Crippen molar-refractivity contribution in [3.8, 4) is 44.5 Å². The van der Waals surface area contributed by atoms with Gasteiger partial charge in [-0.05, 0) is 129 Å². The maximum absolute atomic E-state index is 7.00. The largest absolute Gasteiger partial charge is 0.455 e. The van der Waals surface area contributed by atoms with Crippen LogP contribution in [-0.2, 0) is 5.41 Å². The average Bonchev–Trinajstić information content (AvgIpc) is 4.15. The highest BCUT2D eigenvalue weighted by Crippen LogP contribution is 2.60. The lowest BCUT2D eigenvalue weighted by atomic mass is 9.67. The minimum Gasteiger partial charge on any atom is -0.455 e. The molecule has 0 bridgehead atoms. The summed E-state index contributed by atoms with van der Waals surface area (Å²) in [5.74, 6) is 0. The fourth-order valence-corrected chi connectivity index (χ4v) is 13.2. The number of furan rings is 2. The first-order valence-electron chi connectivity index (χ1n) is 25.2. The fraction of sp³-hybridized carbons (Fsp3) is 0.0141. The zero-order chi connectivity index (χ0) is 47.8. The Morgan fingerprint density at radius 3 is 1.22 bits per heavy atom. The van der Waals surface area contributed by atoms with Gasteiger partial charge in [0.1, 0.15) is 22.3 Å². The van der Waals surface area contributed by atoms with Gasteiger partial charge in [-0.1, -0.05) is 224 Å². The molecular weight excluding hydrogens is 885 g/mol. The molecular formula is C71H42O2. The molecule has 1 aliphatic rings. The third kappa shape index (κ3) is 5.52. The molecule has 73 heavy (non-hydrogen) atoms. The fourth-order valence-electron chi connectivity index (χ4n) is 13.2. The van der Waals surface area contributed by atoms with Gasteiger partial charge < -0.3 is 8.83 Å². The molecule has 0 N–H and O–H groups in total. The third-order valence-corrected chi connectivity index (χ3v) is 16.1. The second-order valence-electron chi connectivity index (χ2n) is 19.7. The van der Waals surface area contributed by atoms with E-state index in [1.54, 1.807) is 0 Å². The highest BCUT2D eigenvalue weighted by molar-refractivity contribution is 6.28. The summed E-state index contributed by atoms with van der Waals surface area (Å²) in [6, 6.07) is 93.7. The first-order valence-corrected chi connectivity index (χ1v) is 25.2. The monoisotopic (exact) mass is 926 g/mol. The smallest absolute Gasteiger partial charge is 0.143 e. The molecule has 338 valence electrons. The summed E-state index contributed by atoms with van der Waals surface area (Å²) in [5, 5.41) is 13.9. The number of hydrogen-bond acceptors (Lipinski definition) is 2. The van der Waals surface area contributed by atoms with Crippen LogP contribution >= 0.6 is 0 Å². The zero-order valence-corrected chi connectivity index (χ0v) is 39.6. The van der Waals surface area contributed by atoms with Crippen molar-refractivity contribution in [2.24, 2.45) is 0 Å². The molecule has 0 atom stereocenters. The summed E-state index contributed by atoms with van der Waals surface area (Å²) in [6.45, 7) is 0. The standard InChI is InChI=1S/C71H42O2/c1-3-22-45(23-4-1)71(46-24-5-2-6-25-46)61-36-14-11-28-53(61)66-56(35-19-37-62(66)71)65-51-33-17-31-49(59-40-43-20-7-9-26-47(43)67-54-29-12-15-38-63(54)72-69(59)67)57(51)42-58-50(32-18-34-52(58)65)60-41-44-21-8-10-27-48(44)68-55-30-13-16-39-64(55)73-70(60)68/h1-42H. The second kappa shape index (κ2) is 15.3. The number of rotatable bonds is 5. The van der Waals surface area contributed by atoms with Gasteiger partial charge in [0.25, 0.3) is 0 Å². The lowest BCUT2D eigenvalue weighted by molar-refractivity contribution is 0.670. The van der Waals surface area contributed by atoms with Crippen LogP contribution in [0.2, 0.25) is 0 Å². The van der Waals surface area contributed by atoms with Gasteiger partial charge in [0.2, 0.25) is 0 Å².